The number of carbonyl (C=O) groups is 1. The number of carbonyl (C=O) groups excluding carboxylic acids is 1. The van der Waals surface area contributed by atoms with Crippen molar-refractivity contribution in [2.75, 3.05) is 44.2 Å². The fourth-order valence-corrected chi connectivity index (χ4v) is 4.08. The Morgan fingerprint density at radius 3 is 2.54 bits per heavy atom. The maximum atomic E-state index is 11.7. The fraction of sp³-hybridized carbons (Fsp3) is 0.524. The average Bonchev–Trinajstić information content (AvgIpc) is 2.72. The molecule has 2 aromatic rings. The summed E-state index contributed by atoms with van der Waals surface area (Å²) in [5, 5.41) is 0. The summed E-state index contributed by atoms with van der Waals surface area (Å²) in [6, 6.07) is 4.19. The van der Waals surface area contributed by atoms with Gasteiger partial charge in [0.1, 0.15) is 11.6 Å². The highest BCUT2D eigenvalue weighted by Gasteiger charge is 2.27. The summed E-state index contributed by atoms with van der Waals surface area (Å²) in [5.74, 6) is 1.99. The first-order valence-electron chi connectivity index (χ1n) is 10.1. The van der Waals surface area contributed by atoms with E-state index >= 15 is 0 Å². The zero-order chi connectivity index (χ0) is 19.5. The van der Waals surface area contributed by atoms with Gasteiger partial charge in [0, 0.05) is 64.1 Å². The highest BCUT2D eigenvalue weighted by Crippen LogP contribution is 2.27. The number of piperazine rings is 1. The molecule has 1 amide bonds. The number of aromatic nitrogens is 3. The molecule has 2 aliphatic rings. The van der Waals surface area contributed by atoms with Crippen LogP contribution in [0.4, 0.5) is 5.82 Å². The van der Waals surface area contributed by atoms with E-state index in [-0.39, 0.29) is 5.91 Å². The molecule has 0 N–H and O–H groups in total. The molecule has 2 aliphatic heterocycles. The molecule has 0 saturated carbocycles. The quantitative estimate of drug-likeness (QED) is 0.800. The number of aryl methyl sites for hydroxylation is 1. The Labute approximate surface area is 166 Å². The predicted octanol–water partition coefficient (Wildman–Crippen LogP) is 1.45. The Morgan fingerprint density at radius 1 is 1.07 bits per heavy atom. The van der Waals surface area contributed by atoms with E-state index in [1.54, 1.807) is 6.92 Å². The number of hydrogen-bond acceptors (Lipinski definition) is 6. The molecule has 2 aromatic heterocycles. The van der Waals surface area contributed by atoms with Gasteiger partial charge in [-0.25, -0.2) is 9.97 Å². The minimum atomic E-state index is 0.117. The molecule has 0 spiro atoms. The highest BCUT2D eigenvalue weighted by atomic mass is 16.2. The third-order valence-corrected chi connectivity index (χ3v) is 5.74. The van der Waals surface area contributed by atoms with Crippen LogP contribution in [0.3, 0.4) is 0 Å². The van der Waals surface area contributed by atoms with Crippen molar-refractivity contribution in [2.45, 2.75) is 33.2 Å². The third-order valence-electron chi connectivity index (χ3n) is 5.74. The second-order valence-electron chi connectivity index (χ2n) is 7.64. The lowest BCUT2D eigenvalue weighted by Crippen LogP contribution is -2.48. The number of anilines is 1. The van der Waals surface area contributed by atoms with Gasteiger partial charge in [0.25, 0.3) is 0 Å². The Kier molecular flexibility index (Phi) is 5.52. The molecule has 0 aromatic carbocycles. The summed E-state index contributed by atoms with van der Waals surface area (Å²) in [4.78, 5) is 32.0. The average molecular weight is 380 g/mol. The normalized spacial score (nSPS) is 17.5. The van der Waals surface area contributed by atoms with Gasteiger partial charge in [-0.2, -0.15) is 0 Å². The van der Waals surface area contributed by atoms with E-state index in [0.29, 0.717) is 6.54 Å². The summed E-state index contributed by atoms with van der Waals surface area (Å²) in [6.07, 6.45) is 5.63. The minimum absolute atomic E-state index is 0.117. The van der Waals surface area contributed by atoms with Gasteiger partial charge in [0.05, 0.1) is 12.2 Å². The number of rotatable bonds is 4. The molecule has 28 heavy (non-hydrogen) atoms. The van der Waals surface area contributed by atoms with Crippen LogP contribution in [0.15, 0.2) is 24.5 Å². The van der Waals surface area contributed by atoms with Gasteiger partial charge in [-0.05, 0) is 37.5 Å². The van der Waals surface area contributed by atoms with Gasteiger partial charge in [-0.3, -0.25) is 14.7 Å². The molecule has 0 radical (unpaired) electrons. The summed E-state index contributed by atoms with van der Waals surface area (Å²) in [7, 11) is 0. The van der Waals surface area contributed by atoms with E-state index in [1.807, 2.05) is 24.2 Å². The smallest absolute Gasteiger partial charge is 0.219 e. The van der Waals surface area contributed by atoms with Crippen molar-refractivity contribution < 1.29 is 4.79 Å². The second kappa shape index (κ2) is 8.22. The number of amides is 1. The molecule has 0 atom stereocenters. The Bertz CT molecular complexity index is 832. The first kappa shape index (κ1) is 18.8. The van der Waals surface area contributed by atoms with Crippen LogP contribution in [-0.2, 0) is 24.2 Å². The van der Waals surface area contributed by atoms with Gasteiger partial charge < -0.3 is 9.80 Å². The van der Waals surface area contributed by atoms with Gasteiger partial charge in [-0.1, -0.05) is 0 Å². The molecule has 0 bridgehead atoms. The van der Waals surface area contributed by atoms with E-state index in [9.17, 15) is 4.79 Å². The maximum Gasteiger partial charge on any atom is 0.219 e. The first-order chi connectivity index (χ1) is 13.6. The van der Waals surface area contributed by atoms with E-state index < -0.39 is 0 Å². The fourth-order valence-electron chi connectivity index (χ4n) is 4.08. The van der Waals surface area contributed by atoms with Crippen LogP contribution in [-0.4, -0.2) is 69.9 Å². The van der Waals surface area contributed by atoms with Crippen LogP contribution in [0.25, 0.3) is 0 Å². The van der Waals surface area contributed by atoms with Gasteiger partial charge in [-0.15, -0.1) is 0 Å². The Balaban J connectivity index is 1.40. The monoisotopic (exact) mass is 380 g/mol. The molecule has 4 heterocycles. The summed E-state index contributed by atoms with van der Waals surface area (Å²) in [5.41, 5.74) is 3.59. The minimum Gasteiger partial charge on any atom is -0.354 e. The predicted molar refractivity (Wildman–Crippen MR) is 108 cm³/mol. The van der Waals surface area contributed by atoms with Crippen molar-refractivity contribution in [1.82, 2.24) is 24.8 Å². The van der Waals surface area contributed by atoms with Crippen molar-refractivity contribution in [3.63, 3.8) is 0 Å². The standard InChI is InChI=1S/C21H28N6O/c1-16-23-20-15-27(17(2)28)10-6-19(20)21(24-16)26-13-11-25(12-14-26)9-5-18-3-7-22-8-4-18/h3-4,7-8H,5-6,9-15H2,1-2H3. The first-order valence-corrected chi connectivity index (χ1v) is 10.1. The van der Waals surface area contributed by atoms with Crippen LogP contribution in [0.2, 0.25) is 0 Å². The largest absolute Gasteiger partial charge is 0.354 e. The van der Waals surface area contributed by atoms with Gasteiger partial charge >= 0.3 is 0 Å². The van der Waals surface area contributed by atoms with E-state index in [0.717, 1.165) is 69.4 Å². The van der Waals surface area contributed by atoms with Crippen molar-refractivity contribution in [2.24, 2.45) is 0 Å². The summed E-state index contributed by atoms with van der Waals surface area (Å²) < 4.78 is 0. The molecule has 7 heteroatoms. The number of nitrogens with zero attached hydrogens (tertiary/aromatic N) is 6. The van der Waals surface area contributed by atoms with Crippen molar-refractivity contribution in [3.8, 4) is 0 Å². The molecule has 1 saturated heterocycles. The van der Waals surface area contributed by atoms with Gasteiger partial charge in [0.2, 0.25) is 5.91 Å². The topological polar surface area (TPSA) is 65.5 Å². The van der Waals surface area contributed by atoms with Crippen molar-refractivity contribution >= 4 is 11.7 Å². The zero-order valence-corrected chi connectivity index (χ0v) is 16.8. The molecule has 148 valence electrons. The van der Waals surface area contributed by atoms with Crippen molar-refractivity contribution in [3.05, 3.63) is 47.2 Å². The van der Waals surface area contributed by atoms with Crippen LogP contribution >= 0.6 is 0 Å². The molecule has 0 unspecified atom stereocenters. The van der Waals surface area contributed by atoms with Gasteiger partial charge in [0.15, 0.2) is 0 Å². The zero-order valence-electron chi connectivity index (χ0n) is 16.8. The Hall–Kier alpha value is -2.54. The molecule has 1 fully saturated rings. The van der Waals surface area contributed by atoms with Crippen LogP contribution in [0, 0.1) is 6.92 Å². The maximum absolute atomic E-state index is 11.7. The van der Waals surface area contributed by atoms with Crippen molar-refractivity contribution in [1.29, 1.82) is 0 Å². The lowest BCUT2D eigenvalue weighted by atomic mass is 10.0. The SMILES string of the molecule is CC(=O)N1CCc2c(nc(C)nc2N2CCN(CCc3ccncc3)CC2)C1. The van der Waals surface area contributed by atoms with E-state index in [4.69, 9.17) is 4.98 Å². The Morgan fingerprint density at radius 2 is 1.82 bits per heavy atom. The number of pyridine rings is 1. The number of hydrogen-bond donors (Lipinski definition) is 0. The van der Waals surface area contributed by atoms with Crippen LogP contribution in [0.5, 0.6) is 0 Å². The van der Waals surface area contributed by atoms with Crippen LogP contribution < -0.4 is 4.90 Å². The lowest BCUT2D eigenvalue weighted by molar-refractivity contribution is -0.129. The number of fused-ring (bicyclic) bond motifs is 1. The lowest BCUT2D eigenvalue weighted by Gasteiger charge is -2.37. The molecular formula is C21H28N6O. The van der Waals surface area contributed by atoms with E-state index in [2.05, 4.69) is 31.9 Å². The molecule has 4 rings (SSSR count). The molecular weight excluding hydrogens is 352 g/mol. The summed E-state index contributed by atoms with van der Waals surface area (Å²) in [6.45, 7) is 10.1. The molecule has 7 nitrogen and oxygen atoms in total. The van der Waals surface area contributed by atoms with E-state index in [1.165, 1.54) is 11.1 Å². The third kappa shape index (κ3) is 4.14. The highest BCUT2D eigenvalue weighted by molar-refractivity contribution is 5.73. The summed E-state index contributed by atoms with van der Waals surface area (Å²) >= 11 is 0. The molecule has 0 aliphatic carbocycles. The van der Waals surface area contributed by atoms with Crippen LogP contribution in [0.1, 0.15) is 29.6 Å². The second-order valence-corrected chi connectivity index (χ2v) is 7.64.